The molecule has 1 aromatic heterocycles. The Labute approximate surface area is 67.2 Å². The molecule has 3 nitrogen and oxygen atoms in total. The van der Waals surface area contributed by atoms with Gasteiger partial charge in [0, 0.05) is 30.9 Å². The van der Waals surface area contributed by atoms with E-state index in [1.54, 1.807) is 0 Å². The second-order valence-corrected chi connectivity index (χ2v) is 2.71. The van der Waals surface area contributed by atoms with Crippen molar-refractivity contribution in [2.75, 3.05) is 6.54 Å². The minimum absolute atomic E-state index is 0.414. The van der Waals surface area contributed by atoms with Crippen LogP contribution in [0.2, 0.25) is 0 Å². The topological polar surface area (TPSA) is 43.8 Å². The van der Waals surface area contributed by atoms with Gasteiger partial charge in [0.05, 0.1) is 0 Å². The fourth-order valence-electron chi connectivity index (χ4n) is 1.15. The third kappa shape index (κ3) is 1.60. The molecule has 1 atom stereocenters. The first-order chi connectivity index (χ1) is 5.29. The van der Waals surface area contributed by atoms with E-state index in [1.807, 2.05) is 16.9 Å². The first-order valence-corrected chi connectivity index (χ1v) is 4.01. The lowest BCUT2D eigenvalue weighted by atomic mass is 10.1. The summed E-state index contributed by atoms with van der Waals surface area (Å²) in [4.78, 5) is 0. The molecule has 1 heterocycles. The summed E-state index contributed by atoms with van der Waals surface area (Å²) in [7, 11) is 0. The monoisotopic (exact) mass is 153 g/mol. The quantitative estimate of drug-likeness (QED) is 0.703. The fraction of sp³-hybridized carbons (Fsp3) is 0.625. The van der Waals surface area contributed by atoms with E-state index in [9.17, 15) is 0 Å². The van der Waals surface area contributed by atoms with Gasteiger partial charge in [-0.15, -0.1) is 0 Å². The Kier molecular flexibility index (Phi) is 2.65. The van der Waals surface area contributed by atoms with E-state index < -0.39 is 0 Å². The van der Waals surface area contributed by atoms with E-state index in [4.69, 9.17) is 5.73 Å². The lowest BCUT2D eigenvalue weighted by Crippen LogP contribution is -2.13. The molecule has 0 saturated carbocycles. The van der Waals surface area contributed by atoms with Crippen LogP contribution in [0.4, 0.5) is 0 Å². The van der Waals surface area contributed by atoms with Crippen LogP contribution in [0.25, 0.3) is 0 Å². The minimum Gasteiger partial charge on any atom is -0.330 e. The standard InChI is InChI=1S/C8H15N3/c1-3-11-8(4-5-10-11)7(2)6-9/h4-5,7H,3,6,9H2,1-2H3. The average molecular weight is 153 g/mol. The summed E-state index contributed by atoms with van der Waals surface area (Å²) < 4.78 is 1.98. The summed E-state index contributed by atoms with van der Waals surface area (Å²) in [5.74, 6) is 0.414. The molecule has 0 aliphatic carbocycles. The number of nitrogens with zero attached hydrogens (tertiary/aromatic N) is 2. The summed E-state index contributed by atoms with van der Waals surface area (Å²) in [6.45, 7) is 5.81. The summed E-state index contributed by atoms with van der Waals surface area (Å²) in [5, 5.41) is 4.16. The van der Waals surface area contributed by atoms with Crippen LogP contribution in [0.15, 0.2) is 12.3 Å². The number of aromatic nitrogens is 2. The fourth-order valence-corrected chi connectivity index (χ4v) is 1.15. The maximum atomic E-state index is 5.55. The molecule has 1 aromatic rings. The van der Waals surface area contributed by atoms with Crippen LogP contribution in [0, 0.1) is 0 Å². The van der Waals surface area contributed by atoms with Crippen molar-refractivity contribution in [1.29, 1.82) is 0 Å². The Morgan fingerprint density at radius 2 is 2.45 bits per heavy atom. The summed E-state index contributed by atoms with van der Waals surface area (Å²) in [5.41, 5.74) is 6.78. The van der Waals surface area contributed by atoms with Crippen LogP contribution in [-0.2, 0) is 6.54 Å². The number of rotatable bonds is 3. The Morgan fingerprint density at radius 1 is 1.73 bits per heavy atom. The van der Waals surface area contributed by atoms with Crippen molar-refractivity contribution >= 4 is 0 Å². The SMILES string of the molecule is CCn1nccc1C(C)CN. The van der Waals surface area contributed by atoms with Gasteiger partial charge in [0.1, 0.15) is 0 Å². The van der Waals surface area contributed by atoms with Crippen molar-refractivity contribution < 1.29 is 0 Å². The van der Waals surface area contributed by atoms with Crippen LogP contribution in [0.5, 0.6) is 0 Å². The lowest BCUT2D eigenvalue weighted by Gasteiger charge is -2.09. The minimum atomic E-state index is 0.414. The van der Waals surface area contributed by atoms with E-state index in [1.165, 1.54) is 5.69 Å². The molecule has 0 aliphatic rings. The molecule has 0 aliphatic heterocycles. The predicted molar refractivity (Wildman–Crippen MR) is 45.4 cm³/mol. The zero-order valence-electron chi connectivity index (χ0n) is 7.12. The Hall–Kier alpha value is -0.830. The van der Waals surface area contributed by atoms with Crippen molar-refractivity contribution in [3.63, 3.8) is 0 Å². The molecule has 2 N–H and O–H groups in total. The van der Waals surface area contributed by atoms with Crippen LogP contribution in [-0.4, -0.2) is 16.3 Å². The lowest BCUT2D eigenvalue weighted by molar-refractivity contribution is 0.585. The molecular formula is C8H15N3. The second kappa shape index (κ2) is 3.53. The molecule has 0 aromatic carbocycles. The second-order valence-electron chi connectivity index (χ2n) is 2.71. The molecule has 1 rings (SSSR count). The number of nitrogens with two attached hydrogens (primary N) is 1. The maximum Gasteiger partial charge on any atom is 0.0492 e. The highest BCUT2D eigenvalue weighted by molar-refractivity contribution is 5.06. The Morgan fingerprint density at radius 3 is 3.00 bits per heavy atom. The predicted octanol–water partition coefficient (Wildman–Crippen LogP) is 0.965. The van der Waals surface area contributed by atoms with E-state index in [0.29, 0.717) is 12.5 Å². The van der Waals surface area contributed by atoms with Crippen molar-refractivity contribution in [3.05, 3.63) is 18.0 Å². The van der Waals surface area contributed by atoms with Crippen LogP contribution < -0.4 is 5.73 Å². The molecule has 0 spiro atoms. The number of hydrogen-bond acceptors (Lipinski definition) is 2. The Bertz CT molecular complexity index is 217. The van der Waals surface area contributed by atoms with Crippen molar-refractivity contribution in [2.45, 2.75) is 26.3 Å². The molecule has 0 bridgehead atoms. The highest BCUT2D eigenvalue weighted by Crippen LogP contribution is 2.12. The molecule has 1 unspecified atom stereocenters. The zero-order valence-corrected chi connectivity index (χ0v) is 7.12. The smallest absolute Gasteiger partial charge is 0.0492 e. The highest BCUT2D eigenvalue weighted by Gasteiger charge is 2.07. The largest absolute Gasteiger partial charge is 0.330 e. The third-order valence-corrected chi connectivity index (χ3v) is 1.91. The normalized spacial score (nSPS) is 13.4. The number of hydrogen-bond donors (Lipinski definition) is 1. The third-order valence-electron chi connectivity index (χ3n) is 1.91. The van der Waals surface area contributed by atoms with Crippen molar-refractivity contribution in [1.82, 2.24) is 9.78 Å². The van der Waals surface area contributed by atoms with E-state index in [-0.39, 0.29) is 0 Å². The van der Waals surface area contributed by atoms with Gasteiger partial charge in [-0.05, 0) is 13.0 Å². The zero-order chi connectivity index (χ0) is 8.27. The van der Waals surface area contributed by atoms with Crippen LogP contribution >= 0.6 is 0 Å². The molecule has 0 radical (unpaired) electrons. The summed E-state index contributed by atoms with van der Waals surface area (Å²) in [6, 6.07) is 2.03. The van der Waals surface area contributed by atoms with Gasteiger partial charge in [-0.3, -0.25) is 4.68 Å². The molecule has 3 heteroatoms. The van der Waals surface area contributed by atoms with Crippen molar-refractivity contribution in [2.24, 2.45) is 5.73 Å². The van der Waals surface area contributed by atoms with Gasteiger partial charge in [0.2, 0.25) is 0 Å². The van der Waals surface area contributed by atoms with Gasteiger partial charge in [-0.1, -0.05) is 6.92 Å². The van der Waals surface area contributed by atoms with Crippen LogP contribution in [0.1, 0.15) is 25.5 Å². The molecule has 0 saturated heterocycles. The first-order valence-electron chi connectivity index (χ1n) is 4.01. The van der Waals surface area contributed by atoms with E-state index >= 15 is 0 Å². The first kappa shape index (κ1) is 8.27. The van der Waals surface area contributed by atoms with E-state index in [0.717, 1.165) is 6.54 Å². The van der Waals surface area contributed by atoms with Gasteiger partial charge in [-0.2, -0.15) is 5.10 Å². The molecular weight excluding hydrogens is 138 g/mol. The van der Waals surface area contributed by atoms with Crippen molar-refractivity contribution in [3.8, 4) is 0 Å². The van der Waals surface area contributed by atoms with Gasteiger partial charge in [0.25, 0.3) is 0 Å². The Balaban J connectivity index is 2.83. The number of aryl methyl sites for hydroxylation is 1. The maximum absolute atomic E-state index is 5.55. The molecule has 0 fully saturated rings. The highest BCUT2D eigenvalue weighted by atomic mass is 15.3. The molecule has 62 valence electrons. The summed E-state index contributed by atoms with van der Waals surface area (Å²) >= 11 is 0. The average Bonchev–Trinajstić information content (AvgIpc) is 2.50. The van der Waals surface area contributed by atoms with Gasteiger partial charge in [-0.25, -0.2) is 0 Å². The van der Waals surface area contributed by atoms with Gasteiger partial charge < -0.3 is 5.73 Å². The van der Waals surface area contributed by atoms with Gasteiger partial charge in [0.15, 0.2) is 0 Å². The van der Waals surface area contributed by atoms with Crippen LogP contribution in [0.3, 0.4) is 0 Å². The molecule has 0 amide bonds. The van der Waals surface area contributed by atoms with E-state index in [2.05, 4.69) is 18.9 Å². The summed E-state index contributed by atoms with van der Waals surface area (Å²) in [6.07, 6.45) is 1.82. The molecule has 11 heavy (non-hydrogen) atoms. The van der Waals surface area contributed by atoms with Gasteiger partial charge >= 0.3 is 0 Å².